The van der Waals surface area contributed by atoms with E-state index in [1.165, 1.54) is 64.2 Å². The number of aliphatic hydroxyl groups excluding tert-OH is 1. The Morgan fingerprint density at radius 3 is 2.23 bits per heavy atom. The van der Waals surface area contributed by atoms with Crippen molar-refractivity contribution in [2.75, 3.05) is 0 Å². The third-order valence-electron chi connectivity index (χ3n) is 7.92. The minimum Gasteiger partial charge on any atom is -0.368 e. The molecule has 0 aromatic rings. The lowest BCUT2D eigenvalue weighted by Gasteiger charge is -2.37. The fraction of sp³-hybridized carbons (Fsp3) is 0.778. The van der Waals surface area contributed by atoms with Crippen LogP contribution < -0.4 is 0 Å². The molecule has 1 N–H and O–H groups in total. The third kappa shape index (κ3) is 8.46. The second-order valence-corrected chi connectivity index (χ2v) is 10.0. The van der Waals surface area contributed by atoms with Gasteiger partial charge in [0.25, 0.3) is 6.08 Å². The number of hydrogen-bond donors (Lipinski definition) is 1. The summed E-state index contributed by atoms with van der Waals surface area (Å²) >= 11 is 0. The summed E-state index contributed by atoms with van der Waals surface area (Å²) in [4.78, 5) is 0. The molecule has 4 heteroatoms. The van der Waals surface area contributed by atoms with Crippen molar-refractivity contribution in [3.8, 4) is 0 Å². The van der Waals surface area contributed by atoms with Crippen LogP contribution in [0.2, 0.25) is 0 Å². The van der Waals surface area contributed by atoms with Gasteiger partial charge in [-0.2, -0.15) is 8.78 Å². The Kier molecular flexibility index (Phi) is 10.2. The Bertz CT molecular complexity index is 607. The fourth-order valence-corrected chi connectivity index (χ4v) is 5.85. The lowest BCUT2D eigenvalue weighted by atomic mass is 9.70. The minimum absolute atomic E-state index is 0.0856. The summed E-state index contributed by atoms with van der Waals surface area (Å²) in [5.74, 6) is 3.16. The molecule has 31 heavy (non-hydrogen) atoms. The average Bonchev–Trinajstić information content (AvgIpc) is 2.79. The number of halogens is 2. The van der Waals surface area contributed by atoms with E-state index in [0.717, 1.165) is 42.6 Å². The highest BCUT2D eigenvalue weighted by Gasteiger charge is 2.31. The molecule has 2 saturated carbocycles. The molecule has 0 saturated heterocycles. The second kappa shape index (κ2) is 12.9. The average molecular weight is 437 g/mol. The summed E-state index contributed by atoms with van der Waals surface area (Å²) < 4.78 is 29.8. The summed E-state index contributed by atoms with van der Waals surface area (Å²) in [7, 11) is 0. The van der Waals surface area contributed by atoms with Gasteiger partial charge in [0.2, 0.25) is 0 Å². The third-order valence-corrected chi connectivity index (χ3v) is 7.92. The zero-order valence-electron chi connectivity index (χ0n) is 19.3. The zero-order chi connectivity index (χ0) is 22.1. The van der Waals surface area contributed by atoms with Crippen LogP contribution in [0.25, 0.3) is 0 Å². The Labute approximate surface area is 187 Å². The largest absolute Gasteiger partial charge is 0.368 e. The van der Waals surface area contributed by atoms with E-state index in [-0.39, 0.29) is 18.9 Å². The first-order valence-electron chi connectivity index (χ1n) is 12.7. The highest BCUT2D eigenvalue weighted by molar-refractivity contribution is 5.09. The number of aliphatic hydroxyl groups is 1. The number of rotatable bonds is 9. The molecule has 0 amide bonds. The molecule has 0 aromatic heterocycles. The van der Waals surface area contributed by atoms with Crippen LogP contribution in [0.15, 0.2) is 36.0 Å². The van der Waals surface area contributed by atoms with Crippen LogP contribution >= 0.6 is 0 Å². The summed E-state index contributed by atoms with van der Waals surface area (Å²) in [6.45, 7) is 2.27. The highest BCUT2D eigenvalue weighted by atomic mass is 19.3. The maximum atomic E-state index is 12.1. The van der Waals surface area contributed by atoms with Crippen LogP contribution in [-0.4, -0.2) is 17.5 Å². The topological polar surface area (TPSA) is 29.5 Å². The van der Waals surface area contributed by atoms with Crippen molar-refractivity contribution in [3.05, 3.63) is 36.0 Å². The van der Waals surface area contributed by atoms with Gasteiger partial charge >= 0.3 is 0 Å². The van der Waals surface area contributed by atoms with E-state index < -0.39 is 12.4 Å². The van der Waals surface area contributed by atoms with Gasteiger partial charge in [-0.3, -0.25) is 0 Å². The van der Waals surface area contributed by atoms with Crippen LogP contribution in [0.4, 0.5) is 8.78 Å². The molecule has 2 fully saturated rings. The van der Waals surface area contributed by atoms with Crippen LogP contribution in [-0.2, 0) is 4.74 Å². The number of hydrogen-bond acceptors (Lipinski definition) is 2. The molecule has 2 nitrogen and oxygen atoms in total. The molecule has 3 rings (SSSR count). The zero-order valence-corrected chi connectivity index (χ0v) is 19.3. The van der Waals surface area contributed by atoms with Gasteiger partial charge in [0, 0.05) is 6.42 Å². The standard InChI is InChI=1S/C27H42F2O2/c1-2-20-6-8-21(9-7-20)10-11-22-12-14-23(15-13-22)24-16-18-25(19-17-24)31-27(30)5-3-4-26(28)29/h4,6,10-11,21-25,27,30H,2-3,5,7-9,12-19H2,1H3/b11-10+. The monoisotopic (exact) mass is 436 g/mol. The SMILES string of the molecule is CCC1=CCC(/C=C/C2CCC(C3CCC(OC(O)CCC=C(F)F)CC3)CC2)CC1. The molecule has 176 valence electrons. The van der Waals surface area contributed by atoms with Crippen molar-refractivity contribution in [1.29, 1.82) is 0 Å². The molecule has 3 aliphatic carbocycles. The van der Waals surface area contributed by atoms with Crippen molar-refractivity contribution in [2.24, 2.45) is 23.7 Å². The first kappa shape index (κ1) is 24.6. The van der Waals surface area contributed by atoms with Gasteiger partial charge in [-0.15, -0.1) is 0 Å². The second-order valence-electron chi connectivity index (χ2n) is 10.0. The van der Waals surface area contributed by atoms with Crippen LogP contribution in [0.3, 0.4) is 0 Å². The molecule has 2 unspecified atom stereocenters. The van der Waals surface area contributed by atoms with Gasteiger partial charge in [0.15, 0.2) is 6.29 Å². The van der Waals surface area contributed by atoms with Crippen LogP contribution in [0.5, 0.6) is 0 Å². The normalized spacial score (nSPS) is 33.2. The molecule has 2 atom stereocenters. The van der Waals surface area contributed by atoms with Crippen molar-refractivity contribution in [2.45, 2.75) is 109 Å². The Hall–Kier alpha value is -1.00. The number of allylic oxidation sites excluding steroid dienone is 5. The van der Waals surface area contributed by atoms with Gasteiger partial charge < -0.3 is 9.84 Å². The quantitative estimate of drug-likeness (QED) is 0.294. The maximum absolute atomic E-state index is 12.1. The van der Waals surface area contributed by atoms with E-state index in [4.69, 9.17) is 4.74 Å². The maximum Gasteiger partial charge on any atom is 0.266 e. The van der Waals surface area contributed by atoms with E-state index in [1.54, 1.807) is 5.57 Å². The van der Waals surface area contributed by atoms with E-state index in [2.05, 4.69) is 25.2 Å². The summed E-state index contributed by atoms with van der Waals surface area (Å²) in [6, 6.07) is 0. The van der Waals surface area contributed by atoms with Crippen LogP contribution in [0.1, 0.15) is 96.8 Å². The molecule has 0 bridgehead atoms. The van der Waals surface area contributed by atoms with Crippen molar-refractivity contribution in [3.63, 3.8) is 0 Å². The molecule has 0 spiro atoms. The number of ether oxygens (including phenoxy) is 1. The Balaban J connectivity index is 1.31. The molecule has 3 aliphatic rings. The van der Waals surface area contributed by atoms with Crippen LogP contribution in [0, 0.1) is 23.7 Å². The van der Waals surface area contributed by atoms with Crippen molar-refractivity contribution in [1.82, 2.24) is 0 Å². The van der Waals surface area contributed by atoms with Gasteiger partial charge in [0.05, 0.1) is 6.10 Å². The van der Waals surface area contributed by atoms with Gasteiger partial charge in [-0.05, 0) is 113 Å². The fourth-order valence-electron chi connectivity index (χ4n) is 5.85. The first-order chi connectivity index (χ1) is 15.0. The van der Waals surface area contributed by atoms with E-state index >= 15 is 0 Å². The molecule has 0 radical (unpaired) electrons. The molecule has 0 aromatic carbocycles. The highest BCUT2D eigenvalue weighted by Crippen LogP contribution is 2.41. The Morgan fingerprint density at radius 1 is 1.00 bits per heavy atom. The van der Waals surface area contributed by atoms with Gasteiger partial charge in [-0.25, -0.2) is 0 Å². The Morgan fingerprint density at radius 2 is 1.65 bits per heavy atom. The lowest BCUT2D eigenvalue weighted by Crippen LogP contribution is -2.30. The predicted octanol–water partition coefficient (Wildman–Crippen LogP) is 7.94. The van der Waals surface area contributed by atoms with E-state index in [1.807, 2.05) is 0 Å². The minimum atomic E-state index is -1.69. The molecular weight excluding hydrogens is 394 g/mol. The molecular formula is C27H42F2O2. The smallest absolute Gasteiger partial charge is 0.266 e. The summed E-state index contributed by atoms with van der Waals surface area (Å²) in [5, 5.41) is 9.92. The summed E-state index contributed by atoms with van der Waals surface area (Å²) in [5.41, 5.74) is 1.64. The molecule has 0 aliphatic heterocycles. The summed E-state index contributed by atoms with van der Waals surface area (Å²) in [6.07, 6.45) is 21.0. The first-order valence-corrected chi connectivity index (χ1v) is 12.7. The van der Waals surface area contributed by atoms with Crippen molar-refractivity contribution >= 4 is 0 Å². The van der Waals surface area contributed by atoms with Gasteiger partial charge in [-0.1, -0.05) is 30.7 Å². The van der Waals surface area contributed by atoms with Crippen molar-refractivity contribution < 1.29 is 18.6 Å². The lowest BCUT2D eigenvalue weighted by molar-refractivity contribution is -0.150. The van der Waals surface area contributed by atoms with E-state index in [9.17, 15) is 13.9 Å². The van der Waals surface area contributed by atoms with Gasteiger partial charge in [0.1, 0.15) is 0 Å². The van der Waals surface area contributed by atoms with E-state index in [0.29, 0.717) is 0 Å². The molecule has 0 heterocycles. The predicted molar refractivity (Wildman–Crippen MR) is 123 cm³/mol.